The van der Waals surface area contributed by atoms with E-state index in [1.807, 2.05) is 11.3 Å². The molecule has 0 aliphatic heterocycles. The van der Waals surface area contributed by atoms with Gasteiger partial charge >= 0.3 is 0 Å². The van der Waals surface area contributed by atoms with E-state index in [4.69, 9.17) is 0 Å². The maximum absolute atomic E-state index is 3.76. The zero-order valence-corrected chi connectivity index (χ0v) is 14.1. The summed E-state index contributed by atoms with van der Waals surface area (Å²) >= 11 is 5.61. The highest BCUT2D eigenvalue weighted by Gasteiger charge is 2.31. The quantitative estimate of drug-likeness (QED) is 0.806. The maximum Gasteiger partial charge on any atom is 0.0314 e. The third kappa shape index (κ3) is 3.83. The summed E-state index contributed by atoms with van der Waals surface area (Å²) in [4.78, 5) is 1.55. The zero-order chi connectivity index (χ0) is 13.2. The third-order valence-electron chi connectivity index (χ3n) is 4.79. The van der Waals surface area contributed by atoms with Crippen molar-refractivity contribution in [3.63, 3.8) is 0 Å². The first-order valence-corrected chi connectivity index (χ1v) is 9.35. The van der Waals surface area contributed by atoms with Gasteiger partial charge in [0, 0.05) is 15.4 Å². The van der Waals surface area contributed by atoms with Gasteiger partial charge in [0.15, 0.2) is 0 Å². The van der Waals surface area contributed by atoms with Crippen molar-refractivity contribution in [2.75, 3.05) is 6.54 Å². The average molecular weight is 342 g/mol. The summed E-state index contributed by atoms with van der Waals surface area (Å²) in [5, 5.41) is 5.97. The van der Waals surface area contributed by atoms with E-state index in [2.05, 4.69) is 39.6 Å². The molecule has 19 heavy (non-hydrogen) atoms. The number of rotatable bonds is 5. The summed E-state index contributed by atoms with van der Waals surface area (Å²) in [6.45, 7) is 3.69. The Morgan fingerprint density at radius 1 is 1.26 bits per heavy atom. The molecule has 0 bridgehead atoms. The Balaban J connectivity index is 1.61. The lowest BCUT2D eigenvalue weighted by atomic mass is 9.73. The molecule has 1 nitrogen and oxygen atoms in total. The molecule has 2 fully saturated rings. The van der Waals surface area contributed by atoms with Crippen LogP contribution < -0.4 is 5.32 Å². The lowest BCUT2D eigenvalue weighted by Gasteiger charge is -2.35. The van der Waals surface area contributed by atoms with Gasteiger partial charge in [0.2, 0.25) is 0 Å². The molecule has 3 unspecified atom stereocenters. The van der Waals surface area contributed by atoms with Gasteiger partial charge in [0.05, 0.1) is 0 Å². The summed E-state index contributed by atoms with van der Waals surface area (Å²) in [5.74, 6) is 2.69. The fourth-order valence-electron chi connectivity index (χ4n) is 3.39. The van der Waals surface area contributed by atoms with Crippen molar-refractivity contribution in [2.24, 2.45) is 17.8 Å². The first kappa shape index (κ1) is 14.1. The summed E-state index contributed by atoms with van der Waals surface area (Å²) in [6, 6.07) is 3.05. The number of hydrogen-bond donors (Lipinski definition) is 1. The van der Waals surface area contributed by atoms with Crippen molar-refractivity contribution in [1.82, 2.24) is 5.32 Å². The molecule has 1 N–H and O–H groups in total. The zero-order valence-electron chi connectivity index (χ0n) is 11.7. The molecule has 106 valence electrons. The SMILES string of the molecule is CC1CCC(CNC2CC2)C(Cc2sccc2Br)C1. The molecule has 0 aromatic carbocycles. The third-order valence-corrected chi connectivity index (χ3v) is 6.74. The average Bonchev–Trinajstić information content (AvgIpc) is 3.13. The van der Waals surface area contributed by atoms with E-state index < -0.39 is 0 Å². The molecule has 0 spiro atoms. The van der Waals surface area contributed by atoms with Crippen LogP contribution in [0.3, 0.4) is 0 Å². The van der Waals surface area contributed by atoms with Crippen LogP contribution in [0.5, 0.6) is 0 Å². The van der Waals surface area contributed by atoms with E-state index in [0.29, 0.717) is 0 Å². The highest BCUT2D eigenvalue weighted by molar-refractivity contribution is 9.10. The van der Waals surface area contributed by atoms with Crippen LogP contribution in [0.25, 0.3) is 0 Å². The van der Waals surface area contributed by atoms with Crippen molar-refractivity contribution in [1.29, 1.82) is 0 Å². The van der Waals surface area contributed by atoms with Gasteiger partial charge in [-0.25, -0.2) is 0 Å². The van der Waals surface area contributed by atoms with Gasteiger partial charge in [-0.05, 0) is 83.8 Å². The van der Waals surface area contributed by atoms with E-state index >= 15 is 0 Å². The predicted octanol–water partition coefficient (Wildman–Crippen LogP) is 4.86. The molecule has 3 rings (SSSR count). The summed E-state index contributed by atoms with van der Waals surface area (Å²) in [5.41, 5.74) is 0. The van der Waals surface area contributed by atoms with E-state index in [0.717, 1.165) is 23.8 Å². The largest absolute Gasteiger partial charge is 0.314 e. The minimum Gasteiger partial charge on any atom is -0.314 e. The number of halogens is 1. The topological polar surface area (TPSA) is 12.0 Å². The molecule has 3 heteroatoms. The van der Waals surface area contributed by atoms with Crippen LogP contribution >= 0.6 is 27.3 Å². The smallest absolute Gasteiger partial charge is 0.0314 e. The molecular formula is C16H24BrNS. The van der Waals surface area contributed by atoms with E-state index in [9.17, 15) is 0 Å². The van der Waals surface area contributed by atoms with E-state index in [1.165, 1.54) is 49.5 Å². The maximum atomic E-state index is 3.76. The second kappa shape index (κ2) is 6.28. The van der Waals surface area contributed by atoms with Gasteiger partial charge in [-0.1, -0.05) is 13.3 Å². The summed E-state index contributed by atoms with van der Waals surface area (Å²) in [7, 11) is 0. The van der Waals surface area contributed by atoms with Crippen molar-refractivity contribution in [2.45, 2.75) is 51.5 Å². The molecule has 1 heterocycles. The molecule has 0 amide bonds. The summed E-state index contributed by atoms with van der Waals surface area (Å²) < 4.78 is 1.32. The second-order valence-electron chi connectivity index (χ2n) is 6.52. The van der Waals surface area contributed by atoms with Crippen LogP contribution in [0.15, 0.2) is 15.9 Å². The van der Waals surface area contributed by atoms with Gasteiger partial charge in [-0.3, -0.25) is 0 Å². The molecule has 0 radical (unpaired) electrons. The normalized spacial score (nSPS) is 31.6. The Labute approximate surface area is 129 Å². The van der Waals surface area contributed by atoms with Gasteiger partial charge in [-0.15, -0.1) is 11.3 Å². The number of hydrogen-bond acceptors (Lipinski definition) is 2. The summed E-state index contributed by atoms with van der Waals surface area (Å²) in [6.07, 6.45) is 8.36. The fraction of sp³-hybridized carbons (Fsp3) is 0.750. The lowest BCUT2D eigenvalue weighted by Crippen LogP contribution is -2.34. The molecule has 3 atom stereocenters. The molecule has 2 aliphatic carbocycles. The second-order valence-corrected chi connectivity index (χ2v) is 8.37. The first-order valence-electron chi connectivity index (χ1n) is 7.67. The Bertz CT molecular complexity index is 413. The predicted molar refractivity (Wildman–Crippen MR) is 86.7 cm³/mol. The molecule has 0 saturated heterocycles. The number of nitrogens with one attached hydrogen (secondary N) is 1. The van der Waals surface area contributed by atoms with Crippen LogP contribution in [0, 0.1) is 17.8 Å². The molecule has 1 aromatic heterocycles. The lowest BCUT2D eigenvalue weighted by molar-refractivity contribution is 0.184. The van der Waals surface area contributed by atoms with E-state index in [1.54, 1.807) is 4.88 Å². The van der Waals surface area contributed by atoms with Crippen LogP contribution in [0.2, 0.25) is 0 Å². The fourth-order valence-corrected chi connectivity index (χ4v) is 5.00. The van der Waals surface area contributed by atoms with Crippen molar-refractivity contribution < 1.29 is 0 Å². The standard InChI is InChI=1S/C16H24BrNS/c1-11-2-3-12(10-18-14-4-5-14)13(8-11)9-16-15(17)6-7-19-16/h6-7,11-14,18H,2-5,8-10H2,1H3. The molecule has 1 aromatic rings. The Morgan fingerprint density at radius 2 is 2.11 bits per heavy atom. The van der Waals surface area contributed by atoms with Gasteiger partial charge in [-0.2, -0.15) is 0 Å². The highest BCUT2D eigenvalue weighted by Crippen LogP contribution is 2.38. The Kier molecular flexibility index (Phi) is 4.66. The van der Waals surface area contributed by atoms with Gasteiger partial charge < -0.3 is 5.32 Å². The Morgan fingerprint density at radius 3 is 2.79 bits per heavy atom. The minimum absolute atomic E-state index is 0.855. The van der Waals surface area contributed by atoms with Crippen molar-refractivity contribution in [3.05, 3.63) is 20.8 Å². The molecule has 2 aliphatic rings. The van der Waals surface area contributed by atoms with Crippen molar-refractivity contribution >= 4 is 27.3 Å². The van der Waals surface area contributed by atoms with Crippen LogP contribution in [-0.4, -0.2) is 12.6 Å². The van der Waals surface area contributed by atoms with Gasteiger partial charge in [0.25, 0.3) is 0 Å². The minimum atomic E-state index is 0.855. The van der Waals surface area contributed by atoms with Gasteiger partial charge in [0.1, 0.15) is 0 Å². The van der Waals surface area contributed by atoms with E-state index in [-0.39, 0.29) is 0 Å². The first-order chi connectivity index (χ1) is 9.22. The van der Waals surface area contributed by atoms with Crippen molar-refractivity contribution in [3.8, 4) is 0 Å². The molecule has 2 saturated carbocycles. The highest BCUT2D eigenvalue weighted by atomic mass is 79.9. The van der Waals surface area contributed by atoms with Crippen LogP contribution in [0.4, 0.5) is 0 Å². The Hall–Kier alpha value is 0.140. The van der Waals surface area contributed by atoms with Crippen LogP contribution in [-0.2, 0) is 6.42 Å². The number of thiophene rings is 1. The monoisotopic (exact) mass is 341 g/mol. The van der Waals surface area contributed by atoms with Crippen LogP contribution in [0.1, 0.15) is 43.9 Å². The molecular weight excluding hydrogens is 318 g/mol.